The van der Waals surface area contributed by atoms with Crippen LogP contribution in [-0.4, -0.2) is 46.0 Å². The van der Waals surface area contributed by atoms with Crippen molar-refractivity contribution in [2.45, 2.75) is 44.6 Å². The van der Waals surface area contributed by atoms with Crippen LogP contribution in [0.5, 0.6) is 0 Å². The Morgan fingerprint density at radius 2 is 2.40 bits per heavy atom. The number of nitrogens with zero attached hydrogens (tertiary/aromatic N) is 2. The molecule has 6 nitrogen and oxygen atoms in total. The van der Waals surface area contributed by atoms with Crippen LogP contribution in [0.2, 0.25) is 0 Å². The van der Waals surface area contributed by atoms with Gasteiger partial charge in [-0.25, -0.2) is 0 Å². The quantitative estimate of drug-likeness (QED) is 0.835. The fourth-order valence-corrected chi connectivity index (χ4v) is 3.01. The number of rotatable bonds is 4. The minimum atomic E-state index is 0.0395. The number of hydrogen-bond acceptors (Lipinski definition) is 3. The Morgan fingerprint density at radius 1 is 1.50 bits per heavy atom. The van der Waals surface area contributed by atoms with Gasteiger partial charge in [0.1, 0.15) is 0 Å². The molecule has 0 radical (unpaired) electrons. The summed E-state index contributed by atoms with van der Waals surface area (Å²) in [4.78, 5) is 25.2. The van der Waals surface area contributed by atoms with Crippen molar-refractivity contribution in [3.8, 4) is 0 Å². The minimum Gasteiger partial charge on any atom is -0.353 e. The monoisotopic (exact) mass is 276 g/mol. The Balaban J connectivity index is 1.44. The molecular formula is C14H20N4O2. The number of carbonyl (C=O) groups excluding carboxylic acids is 2. The van der Waals surface area contributed by atoms with Gasteiger partial charge in [0, 0.05) is 44.1 Å². The lowest BCUT2D eigenvalue weighted by Gasteiger charge is -2.23. The average Bonchev–Trinajstić information content (AvgIpc) is 3.04. The predicted octanol–water partition coefficient (Wildman–Crippen LogP) is 0.396. The van der Waals surface area contributed by atoms with Crippen LogP contribution in [-0.2, 0) is 22.4 Å². The molecule has 0 spiro atoms. The SMILES string of the molecule is O=C(CCN1CCCC1=O)N[C@@H]1CCc2cn[nH]c2C1. The Kier molecular flexibility index (Phi) is 3.71. The summed E-state index contributed by atoms with van der Waals surface area (Å²) < 4.78 is 0. The molecule has 0 aromatic carbocycles. The van der Waals surface area contributed by atoms with E-state index in [-0.39, 0.29) is 17.9 Å². The Labute approximate surface area is 117 Å². The molecule has 1 fully saturated rings. The highest BCUT2D eigenvalue weighted by atomic mass is 16.2. The van der Waals surface area contributed by atoms with Crippen LogP contribution >= 0.6 is 0 Å². The van der Waals surface area contributed by atoms with Gasteiger partial charge in [0.25, 0.3) is 0 Å². The molecule has 2 N–H and O–H groups in total. The lowest BCUT2D eigenvalue weighted by molar-refractivity contribution is -0.128. The van der Waals surface area contributed by atoms with E-state index in [0.717, 1.165) is 37.9 Å². The normalized spacial score (nSPS) is 21.9. The summed E-state index contributed by atoms with van der Waals surface area (Å²) in [5.41, 5.74) is 2.40. The summed E-state index contributed by atoms with van der Waals surface area (Å²) >= 11 is 0. The average molecular weight is 276 g/mol. The highest BCUT2D eigenvalue weighted by Gasteiger charge is 2.23. The van der Waals surface area contributed by atoms with Crippen molar-refractivity contribution >= 4 is 11.8 Å². The van der Waals surface area contributed by atoms with Crippen LogP contribution in [0.1, 0.15) is 36.9 Å². The van der Waals surface area contributed by atoms with Crippen molar-refractivity contribution in [3.63, 3.8) is 0 Å². The summed E-state index contributed by atoms with van der Waals surface area (Å²) in [6, 6.07) is 0.185. The lowest BCUT2D eigenvalue weighted by atomic mass is 9.94. The molecule has 2 amide bonds. The third-order valence-electron chi connectivity index (χ3n) is 4.17. The number of fused-ring (bicyclic) bond motifs is 1. The van der Waals surface area contributed by atoms with Crippen molar-refractivity contribution in [2.24, 2.45) is 0 Å². The van der Waals surface area contributed by atoms with Crippen LogP contribution in [0.15, 0.2) is 6.20 Å². The Bertz CT molecular complexity index is 511. The summed E-state index contributed by atoms with van der Waals surface area (Å²) in [5.74, 6) is 0.218. The molecule has 0 unspecified atom stereocenters. The number of nitrogens with one attached hydrogen (secondary N) is 2. The first-order valence-electron chi connectivity index (χ1n) is 7.30. The molecule has 1 aromatic rings. The van der Waals surface area contributed by atoms with Gasteiger partial charge >= 0.3 is 0 Å². The highest BCUT2D eigenvalue weighted by molar-refractivity contribution is 5.80. The molecule has 1 aliphatic heterocycles. The molecule has 2 aliphatic rings. The maximum absolute atomic E-state index is 12.0. The molecule has 6 heteroatoms. The minimum absolute atomic E-state index is 0.0395. The molecule has 1 aromatic heterocycles. The maximum Gasteiger partial charge on any atom is 0.222 e. The second kappa shape index (κ2) is 5.64. The van der Waals surface area contributed by atoms with Gasteiger partial charge in [-0.2, -0.15) is 5.10 Å². The van der Waals surface area contributed by atoms with Crippen molar-refractivity contribution < 1.29 is 9.59 Å². The smallest absolute Gasteiger partial charge is 0.222 e. The molecule has 0 bridgehead atoms. The lowest BCUT2D eigenvalue weighted by Crippen LogP contribution is -2.40. The zero-order valence-corrected chi connectivity index (χ0v) is 11.5. The third kappa shape index (κ3) is 2.84. The van der Waals surface area contributed by atoms with Crippen LogP contribution in [0.25, 0.3) is 0 Å². The zero-order valence-electron chi connectivity index (χ0n) is 11.5. The van der Waals surface area contributed by atoms with Crippen LogP contribution < -0.4 is 5.32 Å². The molecule has 1 saturated heterocycles. The van der Waals surface area contributed by atoms with E-state index < -0.39 is 0 Å². The summed E-state index contributed by atoms with van der Waals surface area (Å²) in [6.45, 7) is 1.35. The van der Waals surface area contributed by atoms with E-state index in [0.29, 0.717) is 19.4 Å². The standard InChI is InChI=1S/C14H20N4O2/c19-13(5-7-18-6-1-2-14(18)20)16-11-4-3-10-9-15-17-12(10)8-11/h9,11H,1-8H2,(H,15,17)(H,16,19)/t11-/m1/s1. The van der Waals surface area contributed by atoms with E-state index in [4.69, 9.17) is 0 Å². The van der Waals surface area contributed by atoms with Gasteiger partial charge in [0.2, 0.25) is 11.8 Å². The first-order valence-corrected chi connectivity index (χ1v) is 7.30. The van der Waals surface area contributed by atoms with Gasteiger partial charge in [0.05, 0.1) is 6.20 Å². The van der Waals surface area contributed by atoms with Gasteiger partial charge in [-0.15, -0.1) is 0 Å². The van der Waals surface area contributed by atoms with Gasteiger partial charge < -0.3 is 10.2 Å². The molecule has 20 heavy (non-hydrogen) atoms. The highest BCUT2D eigenvalue weighted by Crippen LogP contribution is 2.18. The van der Waals surface area contributed by atoms with Gasteiger partial charge in [-0.05, 0) is 24.8 Å². The van der Waals surface area contributed by atoms with Gasteiger partial charge in [-0.3, -0.25) is 14.7 Å². The van der Waals surface area contributed by atoms with E-state index in [1.807, 2.05) is 6.20 Å². The topological polar surface area (TPSA) is 78.1 Å². The number of aromatic nitrogens is 2. The van der Waals surface area contributed by atoms with E-state index in [1.54, 1.807) is 4.90 Å². The molecule has 108 valence electrons. The van der Waals surface area contributed by atoms with Crippen LogP contribution in [0.4, 0.5) is 0 Å². The molecular weight excluding hydrogens is 256 g/mol. The number of aryl methyl sites for hydroxylation is 1. The summed E-state index contributed by atoms with van der Waals surface area (Å²) in [7, 11) is 0. The molecule has 3 rings (SSSR count). The fraction of sp³-hybridized carbons (Fsp3) is 0.643. The second-order valence-corrected chi connectivity index (χ2v) is 5.62. The zero-order chi connectivity index (χ0) is 13.9. The number of aromatic amines is 1. The Hall–Kier alpha value is -1.85. The Morgan fingerprint density at radius 3 is 3.20 bits per heavy atom. The number of carbonyl (C=O) groups is 2. The molecule has 1 atom stereocenters. The number of H-pyrrole nitrogens is 1. The largest absolute Gasteiger partial charge is 0.353 e. The number of hydrogen-bond donors (Lipinski definition) is 2. The van der Waals surface area contributed by atoms with Crippen molar-refractivity contribution in [1.29, 1.82) is 0 Å². The van der Waals surface area contributed by atoms with E-state index >= 15 is 0 Å². The van der Waals surface area contributed by atoms with E-state index in [2.05, 4.69) is 15.5 Å². The van der Waals surface area contributed by atoms with Crippen molar-refractivity contribution in [3.05, 3.63) is 17.5 Å². The molecule has 1 aliphatic carbocycles. The fourth-order valence-electron chi connectivity index (χ4n) is 3.01. The molecule has 2 heterocycles. The van der Waals surface area contributed by atoms with Gasteiger partial charge in [-0.1, -0.05) is 0 Å². The predicted molar refractivity (Wildman–Crippen MR) is 73.0 cm³/mol. The summed E-state index contributed by atoms with van der Waals surface area (Å²) in [6.07, 6.45) is 6.56. The first-order chi connectivity index (χ1) is 9.72. The van der Waals surface area contributed by atoms with Gasteiger partial charge in [0.15, 0.2) is 0 Å². The summed E-state index contributed by atoms with van der Waals surface area (Å²) in [5, 5.41) is 10.1. The second-order valence-electron chi connectivity index (χ2n) is 5.62. The maximum atomic E-state index is 12.0. The van der Waals surface area contributed by atoms with Crippen molar-refractivity contribution in [1.82, 2.24) is 20.4 Å². The van der Waals surface area contributed by atoms with Crippen LogP contribution in [0.3, 0.4) is 0 Å². The van der Waals surface area contributed by atoms with Crippen molar-refractivity contribution in [2.75, 3.05) is 13.1 Å². The first kappa shape index (κ1) is 13.1. The number of likely N-dealkylation sites (tertiary alicyclic amines) is 1. The molecule has 0 saturated carbocycles. The van der Waals surface area contributed by atoms with E-state index in [9.17, 15) is 9.59 Å². The van der Waals surface area contributed by atoms with Crippen LogP contribution in [0, 0.1) is 0 Å². The third-order valence-corrected chi connectivity index (χ3v) is 4.17. The van der Waals surface area contributed by atoms with E-state index in [1.165, 1.54) is 5.56 Å². The number of amides is 2.